The van der Waals surface area contributed by atoms with E-state index in [1.54, 1.807) is 32.4 Å². The summed E-state index contributed by atoms with van der Waals surface area (Å²) in [5.74, 6) is 2.81. The first-order valence-electron chi connectivity index (χ1n) is 9.43. The van der Waals surface area contributed by atoms with Crippen molar-refractivity contribution in [3.8, 4) is 51.4 Å². The second kappa shape index (κ2) is 8.21. The molecule has 0 unspecified atom stereocenters. The molecule has 1 heterocycles. The number of phenolic OH excluding ortho intramolecular Hbond substituents is 1. The molecule has 6 heteroatoms. The molecule has 0 aliphatic rings. The third-order valence-corrected chi connectivity index (χ3v) is 4.82. The van der Waals surface area contributed by atoms with Crippen LogP contribution in [0.2, 0.25) is 0 Å². The molecule has 30 heavy (non-hydrogen) atoms. The predicted molar refractivity (Wildman–Crippen MR) is 116 cm³/mol. The molecule has 6 nitrogen and oxygen atoms in total. The third-order valence-electron chi connectivity index (χ3n) is 4.82. The van der Waals surface area contributed by atoms with Crippen LogP contribution in [0.4, 0.5) is 0 Å². The van der Waals surface area contributed by atoms with Gasteiger partial charge in [0.05, 0.1) is 19.8 Å². The van der Waals surface area contributed by atoms with Crippen LogP contribution in [0.1, 0.15) is 5.56 Å². The molecule has 1 aromatic heterocycles. The fourth-order valence-electron chi connectivity index (χ4n) is 3.22. The molecular weight excluding hydrogens is 378 g/mol. The van der Waals surface area contributed by atoms with E-state index in [4.69, 9.17) is 14.5 Å². The Morgan fingerprint density at radius 2 is 1.20 bits per heavy atom. The lowest BCUT2D eigenvalue weighted by Gasteiger charge is -2.13. The summed E-state index contributed by atoms with van der Waals surface area (Å²) in [5.41, 5.74) is 3.00. The van der Waals surface area contributed by atoms with Crippen molar-refractivity contribution >= 4 is 0 Å². The number of hydrogen-bond acceptors (Lipinski definition) is 6. The highest BCUT2D eigenvalue weighted by atomic mass is 16.5. The summed E-state index contributed by atoms with van der Waals surface area (Å²) in [6, 6.07) is 20.4. The van der Waals surface area contributed by atoms with Gasteiger partial charge in [0.2, 0.25) is 0 Å². The van der Waals surface area contributed by atoms with Crippen LogP contribution in [0.3, 0.4) is 0 Å². The average Bonchev–Trinajstić information content (AvgIpc) is 2.80. The van der Waals surface area contributed by atoms with Gasteiger partial charge in [0.1, 0.15) is 17.2 Å². The van der Waals surface area contributed by atoms with E-state index < -0.39 is 0 Å². The highest BCUT2D eigenvalue weighted by Gasteiger charge is 2.17. The number of aromatic nitrogens is 3. The zero-order valence-corrected chi connectivity index (χ0v) is 17.0. The Morgan fingerprint density at radius 3 is 1.80 bits per heavy atom. The number of benzene rings is 3. The van der Waals surface area contributed by atoms with Crippen molar-refractivity contribution in [3.05, 3.63) is 72.3 Å². The molecule has 4 aromatic rings. The summed E-state index contributed by atoms with van der Waals surface area (Å²) in [5, 5.41) is 10.3. The van der Waals surface area contributed by atoms with E-state index in [1.165, 1.54) is 0 Å². The van der Waals surface area contributed by atoms with Crippen molar-refractivity contribution in [1.82, 2.24) is 15.0 Å². The maximum Gasteiger partial charge on any atom is 0.167 e. The quantitative estimate of drug-likeness (QED) is 0.514. The van der Waals surface area contributed by atoms with Gasteiger partial charge in [0.15, 0.2) is 17.5 Å². The van der Waals surface area contributed by atoms with Gasteiger partial charge in [-0.1, -0.05) is 42.5 Å². The van der Waals surface area contributed by atoms with E-state index in [2.05, 4.69) is 9.97 Å². The second-order valence-corrected chi connectivity index (χ2v) is 6.70. The van der Waals surface area contributed by atoms with Gasteiger partial charge < -0.3 is 14.6 Å². The summed E-state index contributed by atoms with van der Waals surface area (Å²) < 4.78 is 11.0. The minimum Gasteiger partial charge on any atom is -0.507 e. The SMILES string of the molecule is COc1cc(-c2nc(-c3ccccc3)nc(-c3ccccc3O)n2)cc(OC)c1C. The molecule has 0 fully saturated rings. The van der Waals surface area contributed by atoms with E-state index in [1.807, 2.05) is 55.5 Å². The van der Waals surface area contributed by atoms with Crippen molar-refractivity contribution in [3.63, 3.8) is 0 Å². The van der Waals surface area contributed by atoms with Crippen LogP contribution >= 0.6 is 0 Å². The zero-order chi connectivity index (χ0) is 21.1. The molecule has 0 aliphatic heterocycles. The molecule has 150 valence electrons. The van der Waals surface area contributed by atoms with Crippen LogP contribution in [0, 0.1) is 6.92 Å². The Labute approximate surface area is 174 Å². The highest BCUT2D eigenvalue weighted by Crippen LogP contribution is 2.35. The van der Waals surface area contributed by atoms with Crippen LogP contribution in [0.15, 0.2) is 66.7 Å². The lowest BCUT2D eigenvalue weighted by Crippen LogP contribution is -2.01. The first-order valence-corrected chi connectivity index (χ1v) is 9.43. The average molecular weight is 399 g/mol. The van der Waals surface area contributed by atoms with E-state index in [-0.39, 0.29) is 5.75 Å². The van der Waals surface area contributed by atoms with E-state index >= 15 is 0 Å². The number of methoxy groups -OCH3 is 2. The molecule has 0 saturated heterocycles. The van der Waals surface area contributed by atoms with Crippen LogP contribution in [-0.2, 0) is 0 Å². The molecule has 1 N–H and O–H groups in total. The van der Waals surface area contributed by atoms with Gasteiger partial charge in [0.25, 0.3) is 0 Å². The van der Waals surface area contributed by atoms with Gasteiger partial charge in [-0.25, -0.2) is 15.0 Å². The molecule has 0 bridgehead atoms. The summed E-state index contributed by atoms with van der Waals surface area (Å²) in [6.07, 6.45) is 0. The molecule has 0 saturated carbocycles. The lowest BCUT2D eigenvalue weighted by molar-refractivity contribution is 0.389. The van der Waals surface area contributed by atoms with Gasteiger partial charge in [-0.3, -0.25) is 0 Å². The number of para-hydroxylation sites is 1. The van der Waals surface area contributed by atoms with Crippen molar-refractivity contribution < 1.29 is 14.6 Å². The van der Waals surface area contributed by atoms with Crippen molar-refractivity contribution in [2.45, 2.75) is 6.92 Å². The Bertz CT molecular complexity index is 1170. The number of hydrogen-bond donors (Lipinski definition) is 1. The summed E-state index contributed by atoms with van der Waals surface area (Å²) in [4.78, 5) is 14.0. The molecule has 0 atom stereocenters. The molecule has 0 radical (unpaired) electrons. The summed E-state index contributed by atoms with van der Waals surface area (Å²) in [6.45, 7) is 1.93. The Morgan fingerprint density at radius 1 is 0.667 bits per heavy atom. The Balaban J connectivity index is 1.96. The van der Waals surface area contributed by atoms with Crippen molar-refractivity contribution in [2.75, 3.05) is 14.2 Å². The van der Waals surface area contributed by atoms with Crippen molar-refractivity contribution in [2.24, 2.45) is 0 Å². The van der Waals surface area contributed by atoms with Gasteiger partial charge in [-0.15, -0.1) is 0 Å². The number of ether oxygens (including phenoxy) is 2. The monoisotopic (exact) mass is 399 g/mol. The number of nitrogens with zero attached hydrogens (tertiary/aromatic N) is 3. The van der Waals surface area contributed by atoms with Crippen LogP contribution in [-0.4, -0.2) is 34.3 Å². The van der Waals surface area contributed by atoms with Gasteiger partial charge in [0, 0.05) is 16.7 Å². The number of phenols is 1. The number of rotatable bonds is 5. The van der Waals surface area contributed by atoms with Gasteiger partial charge in [-0.2, -0.15) is 0 Å². The first-order chi connectivity index (χ1) is 14.6. The lowest BCUT2D eigenvalue weighted by atomic mass is 10.1. The molecule has 0 aliphatic carbocycles. The topological polar surface area (TPSA) is 77.4 Å². The van der Waals surface area contributed by atoms with Crippen LogP contribution in [0.25, 0.3) is 34.2 Å². The molecular formula is C24H21N3O3. The maximum atomic E-state index is 10.3. The van der Waals surface area contributed by atoms with E-state index in [9.17, 15) is 5.11 Å². The smallest absolute Gasteiger partial charge is 0.167 e. The fraction of sp³-hybridized carbons (Fsp3) is 0.125. The van der Waals surface area contributed by atoms with E-state index in [0.717, 1.165) is 16.7 Å². The third kappa shape index (κ3) is 3.67. The standard InChI is InChI=1S/C24H21N3O3/c1-15-20(29-2)13-17(14-21(15)30-3)23-25-22(16-9-5-4-6-10-16)26-24(27-23)18-11-7-8-12-19(18)28/h4-14,28H,1-3H3. The molecule has 4 rings (SSSR count). The van der Waals surface area contributed by atoms with Crippen molar-refractivity contribution in [1.29, 1.82) is 0 Å². The van der Waals surface area contributed by atoms with Crippen LogP contribution < -0.4 is 9.47 Å². The second-order valence-electron chi connectivity index (χ2n) is 6.70. The fourth-order valence-corrected chi connectivity index (χ4v) is 3.22. The summed E-state index contributed by atoms with van der Waals surface area (Å²) >= 11 is 0. The van der Waals surface area contributed by atoms with E-state index in [0.29, 0.717) is 34.5 Å². The van der Waals surface area contributed by atoms with Gasteiger partial charge >= 0.3 is 0 Å². The summed E-state index contributed by atoms with van der Waals surface area (Å²) in [7, 11) is 3.23. The predicted octanol–water partition coefficient (Wildman–Crippen LogP) is 4.90. The van der Waals surface area contributed by atoms with Gasteiger partial charge in [-0.05, 0) is 31.2 Å². The zero-order valence-electron chi connectivity index (χ0n) is 17.0. The highest BCUT2D eigenvalue weighted by molar-refractivity contribution is 5.71. The molecule has 3 aromatic carbocycles. The maximum absolute atomic E-state index is 10.3. The minimum absolute atomic E-state index is 0.104. The Hall–Kier alpha value is -3.93. The van der Waals surface area contributed by atoms with Crippen LogP contribution in [0.5, 0.6) is 17.2 Å². The number of aromatic hydroxyl groups is 1. The molecule has 0 spiro atoms. The minimum atomic E-state index is 0.104. The Kier molecular flexibility index (Phi) is 5.30. The molecule has 0 amide bonds. The first kappa shape index (κ1) is 19.4. The normalized spacial score (nSPS) is 10.6. The largest absolute Gasteiger partial charge is 0.507 e.